The zero-order chi connectivity index (χ0) is 13.7. The van der Waals surface area contributed by atoms with E-state index in [0.29, 0.717) is 6.61 Å². The number of ether oxygens (including phenoxy) is 2. The lowest BCUT2D eigenvalue weighted by Gasteiger charge is -2.12. The topological polar surface area (TPSA) is 43.4 Å². The number of nitrogens with one attached hydrogen (secondary N) is 1. The van der Waals surface area contributed by atoms with Crippen LogP contribution < -0.4 is 14.8 Å². The van der Waals surface area contributed by atoms with Crippen LogP contribution in [0.4, 0.5) is 0 Å². The van der Waals surface area contributed by atoms with E-state index in [-0.39, 0.29) is 0 Å². The van der Waals surface area contributed by atoms with Crippen LogP contribution in [0.2, 0.25) is 0 Å². The number of nitrogens with zero attached hydrogens (tertiary/aromatic N) is 1. The molecule has 0 aliphatic carbocycles. The Morgan fingerprint density at radius 3 is 2.84 bits per heavy atom. The molecule has 0 unspecified atom stereocenters. The van der Waals surface area contributed by atoms with Gasteiger partial charge in [-0.1, -0.05) is 6.07 Å². The SMILES string of the molecule is CNCc1ccc(OC)cc1OCc1cnc(C)s1. The van der Waals surface area contributed by atoms with E-state index in [9.17, 15) is 0 Å². The van der Waals surface area contributed by atoms with Crippen molar-refractivity contribution in [1.29, 1.82) is 0 Å². The molecule has 0 fully saturated rings. The summed E-state index contributed by atoms with van der Waals surface area (Å²) in [6, 6.07) is 5.87. The Bertz CT molecular complexity index is 540. The number of aromatic nitrogens is 1. The zero-order valence-electron chi connectivity index (χ0n) is 11.4. The molecule has 1 heterocycles. The highest BCUT2D eigenvalue weighted by Crippen LogP contribution is 2.26. The number of methoxy groups -OCH3 is 1. The van der Waals surface area contributed by atoms with E-state index >= 15 is 0 Å². The minimum atomic E-state index is 0.537. The highest BCUT2D eigenvalue weighted by atomic mass is 32.1. The molecule has 0 bridgehead atoms. The molecule has 0 radical (unpaired) electrons. The van der Waals surface area contributed by atoms with Crippen LogP contribution >= 0.6 is 11.3 Å². The van der Waals surface area contributed by atoms with Crippen LogP contribution in [-0.2, 0) is 13.2 Å². The standard InChI is InChI=1S/C14H18N2O2S/c1-10-16-8-13(19-10)9-18-14-6-12(17-3)5-4-11(14)7-15-2/h4-6,8,15H,7,9H2,1-3H3. The quantitative estimate of drug-likeness (QED) is 0.882. The predicted molar refractivity (Wildman–Crippen MR) is 76.9 cm³/mol. The van der Waals surface area contributed by atoms with Crippen molar-refractivity contribution in [3.05, 3.63) is 39.8 Å². The van der Waals surface area contributed by atoms with E-state index in [0.717, 1.165) is 33.5 Å². The summed E-state index contributed by atoms with van der Waals surface area (Å²) in [5.41, 5.74) is 1.12. The Kier molecular flexibility index (Phi) is 4.76. The summed E-state index contributed by atoms with van der Waals surface area (Å²) in [6.07, 6.45) is 1.86. The van der Waals surface area contributed by atoms with Crippen molar-refractivity contribution in [3.63, 3.8) is 0 Å². The maximum atomic E-state index is 5.88. The highest BCUT2D eigenvalue weighted by molar-refractivity contribution is 7.11. The van der Waals surface area contributed by atoms with Gasteiger partial charge >= 0.3 is 0 Å². The summed E-state index contributed by atoms with van der Waals surface area (Å²) in [5.74, 6) is 1.65. The molecule has 5 heteroatoms. The second-order valence-electron chi connectivity index (χ2n) is 4.14. The van der Waals surface area contributed by atoms with Gasteiger partial charge in [0.15, 0.2) is 0 Å². The number of benzene rings is 1. The summed E-state index contributed by atoms with van der Waals surface area (Å²) in [4.78, 5) is 5.34. The summed E-state index contributed by atoms with van der Waals surface area (Å²) in [5, 5.41) is 4.19. The minimum Gasteiger partial charge on any atom is -0.497 e. The van der Waals surface area contributed by atoms with Crippen molar-refractivity contribution in [2.24, 2.45) is 0 Å². The first kappa shape index (κ1) is 13.8. The van der Waals surface area contributed by atoms with E-state index in [1.54, 1.807) is 18.4 Å². The molecule has 102 valence electrons. The average molecular weight is 278 g/mol. The Balaban J connectivity index is 2.12. The minimum absolute atomic E-state index is 0.537. The lowest BCUT2D eigenvalue weighted by molar-refractivity contribution is 0.303. The average Bonchev–Trinajstić information content (AvgIpc) is 2.83. The van der Waals surface area contributed by atoms with Gasteiger partial charge in [0.05, 0.1) is 17.0 Å². The van der Waals surface area contributed by atoms with Crippen molar-refractivity contribution in [1.82, 2.24) is 10.3 Å². The van der Waals surface area contributed by atoms with Crippen molar-refractivity contribution in [2.75, 3.05) is 14.2 Å². The molecule has 1 N–H and O–H groups in total. The smallest absolute Gasteiger partial charge is 0.128 e. The van der Waals surface area contributed by atoms with Gasteiger partial charge in [-0.05, 0) is 20.0 Å². The second kappa shape index (κ2) is 6.54. The van der Waals surface area contributed by atoms with Gasteiger partial charge in [-0.3, -0.25) is 0 Å². The summed E-state index contributed by atoms with van der Waals surface area (Å²) >= 11 is 1.65. The molecule has 0 amide bonds. The molecule has 1 aromatic carbocycles. The monoisotopic (exact) mass is 278 g/mol. The van der Waals surface area contributed by atoms with Crippen molar-refractivity contribution < 1.29 is 9.47 Å². The molecule has 0 atom stereocenters. The Hall–Kier alpha value is -1.59. The van der Waals surface area contributed by atoms with Crippen molar-refractivity contribution >= 4 is 11.3 Å². The first-order chi connectivity index (χ1) is 9.22. The Morgan fingerprint density at radius 1 is 1.37 bits per heavy atom. The Labute approximate surface area is 117 Å². The third-order valence-corrected chi connectivity index (χ3v) is 3.57. The van der Waals surface area contributed by atoms with Crippen LogP contribution in [0.3, 0.4) is 0 Å². The van der Waals surface area contributed by atoms with Crippen LogP contribution in [0.15, 0.2) is 24.4 Å². The van der Waals surface area contributed by atoms with Gasteiger partial charge in [0.2, 0.25) is 0 Å². The number of thiazole rings is 1. The highest BCUT2D eigenvalue weighted by Gasteiger charge is 2.07. The number of hydrogen-bond acceptors (Lipinski definition) is 5. The van der Waals surface area contributed by atoms with Gasteiger partial charge in [0.25, 0.3) is 0 Å². The molecule has 19 heavy (non-hydrogen) atoms. The Morgan fingerprint density at radius 2 is 2.21 bits per heavy atom. The summed E-state index contributed by atoms with van der Waals surface area (Å²) in [7, 11) is 3.57. The van der Waals surface area contributed by atoms with Gasteiger partial charge < -0.3 is 14.8 Å². The molecule has 0 aliphatic rings. The maximum Gasteiger partial charge on any atom is 0.128 e. The maximum absolute atomic E-state index is 5.88. The van der Waals surface area contributed by atoms with Crippen molar-refractivity contribution in [2.45, 2.75) is 20.1 Å². The zero-order valence-corrected chi connectivity index (χ0v) is 12.2. The fraction of sp³-hybridized carbons (Fsp3) is 0.357. The molecule has 0 saturated heterocycles. The van der Waals surface area contributed by atoms with Crippen molar-refractivity contribution in [3.8, 4) is 11.5 Å². The largest absolute Gasteiger partial charge is 0.497 e. The number of hydrogen-bond donors (Lipinski definition) is 1. The third-order valence-electron chi connectivity index (χ3n) is 2.68. The summed E-state index contributed by atoms with van der Waals surface area (Å²) in [6.45, 7) is 3.29. The van der Waals surface area contributed by atoms with Gasteiger partial charge in [-0.15, -0.1) is 11.3 Å². The van der Waals surface area contributed by atoms with E-state index in [1.165, 1.54) is 0 Å². The molecule has 1 aromatic heterocycles. The fourth-order valence-electron chi connectivity index (χ4n) is 1.75. The predicted octanol–water partition coefficient (Wildman–Crippen LogP) is 2.76. The van der Waals surface area contributed by atoms with Gasteiger partial charge in [0.1, 0.15) is 18.1 Å². The van der Waals surface area contributed by atoms with Gasteiger partial charge in [-0.2, -0.15) is 0 Å². The third kappa shape index (κ3) is 3.68. The normalized spacial score (nSPS) is 10.5. The summed E-state index contributed by atoms with van der Waals surface area (Å²) < 4.78 is 11.1. The molecular weight excluding hydrogens is 260 g/mol. The second-order valence-corrected chi connectivity index (χ2v) is 5.46. The van der Waals surface area contributed by atoms with Crippen LogP contribution in [0.5, 0.6) is 11.5 Å². The van der Waals surface area contributed by atoms with E-state index < -0.39 is 0 Å². The molecule has 0 aliphatic heterocycles. The lowest BCUT2D eigenvalue weighted by atomic mass is 10.2. The van der Waals surface area contributed by atoms with E-state index in [2.05, 4.69) is 10.3 Å². The van der Waals surface area contributed by atoms with Crippen LogP contribution in [-0.4, -0.2) is 19.1 Å². The van der Waals surface area contributed by atoms with E-state index in [1.807, 2.05) is 38.4 Å². The van der Waals surface area contributed by atoms with E-state index in [4.69, 9.17) is 9.47 Å². The van der Waals surface area contributed by atoms with Gasteiger partial charge in [0, 0.05) is 24.4 Å². The first-order valence-electron chi connectivity index (χ1n) is 6.08. The number of aryl methyl sites for hydroxylation is 1. The molecule has 0 saturated carbocycles. The first-order valence-corrected chi connectivity index (χ1v) is 6.90. The molecule has 0 spiro atoms. The number of rotatable bonds is 6. The molecule has 2 aromatic rings. The van der Waals surface area contributed by atoms with Crippen LogP contribution in [0, 0.1) is 6.92 Å². The van der Waals surface area contributed by atoms with Crippen LogP contribution in [0.25, 0.3) is 0 Å². The molecule has 2 rings (SSSR count). The van der Waals surface area contributed by atoms with Gasteiger partial charge in [-0.25, -0.2) is 4.98 Å². The molecule has 4 nitrogen and oxygen atoms in total. The van der Waals surface area contributed by atoms with Crippen LogP contribution in [0.1, 0.15) is 15.4 Å². The molecular formula is C14H18N2O2S. The lowest BCUT2D eigenvalue weighted by Crippen LogP contribution is -2.07. The fourth-order valence-corrected chi connectivity index (χ4v) is 2.46.